The lowest BCUT2D eigenvalue weighted by atomic mass is 9.94. The summed E-state index contributed by atoms with van der Waals surface area (Å²) in [5.41, 5.74) is 2.92. The molecule has 0 spiro atoms. The van der Waals surface area contributed by atoms with Gasteiger partial charge < -0.3 is 5.32 Å². The smallest absolute Gasteiger partial charge is 0.0994 e. The number of nitrogens with zero attached hydrogens (tertiary/aromatic N) is 1. The summed E-state index contributed by atoms with van der Waals surface area (Å²) >= 11 is 0. The topological polar surface area (TPSA) is 35.8 Å². The Morgan fingerprint density at radius 1 is 1.41 bits per heavy atom. The standard InChI is InChI=1S/C15H18N2/c1-12-9-15(8-7-14(12)10-16)17-11-13-5-3-2-4-6-13/h2-3,7-9,13,17H,4-6,11H2,1H3. The Hall–Kier alpha value is -1.75. The molecule has 1 atom stereocenters. The third kappa shape index (κ3) is 3.10. The van der Waals surface area contributed by atoms with Gasteiger partial charge in [0.15, 0.2) is 0 Å². The summed E-state index contributed by atoms with van der Waals surface area (Å²) in [6.07, 6.45) is 8.21. The number of anilines is 1. The third-order valence-corrected chi connectivity index (χ3v) is 3.32. The monoisotopic (exact) mass is 226 g/mol. The zero-order chi connectivity index (χ0) is 12.1. The lowest BCUT2D eigenvalue weighted by molar-refractivity contribution is 0.504. The summed E-state index contributed by atoms with van der Waals surface area (Å²) in [4.78, 5) is 0. The Morgan fingerprint density at radius 2 is 2.29 bits per heavy atom. The minimum absolute atomic E-state index is 0.746. The Morgan fingerprint density at radius 3 is 2.94 bits per heavy atom. The number of nitrogens with one attached hydrogen (secondary N) is 1. The van der Waals surface area contributed by atoms with E-state index in [4.69, 9.17) is 5.26 Å². The van der Waals surface area contributed by atoms with Crippen LogP contribution in [-0.4, -0.2) is 6.54 Å². The molecule has 2 rings (SSSR count). The van der Waals surface area contributed by atoms with Crippen LogP contribution in [0.2, 0.25) is 0 Å². The molecule has 2 nitrogen and oxygen atoms in total. The molecule has 2 heteroatoms. The van der Waals surface area contributed by atoms with Crippen LogP contribution in [0.25, 0.3) is 0 Å². The summed E-state index contributed by atoms with van der Waals surface area (Å²) in [6.45, 7) is 3.00. The number of nitriles is 1. The Kier molecular flexibility index (Phi) is 3.82. The van der Waals surface area contributed by atoms with Crippen molar-refractivity contribution >= 4 is 5.69 Å². The minimum atomic E-state index is 0.746. The largest absolute Gasteiger partial charge is 0.385 e. The Bertz CT molecular complexity index is 454. The van der Waals surface area contributed by atoms with Gasteiger partial charge in [-0.1, -0.05) is 12.2 Å². The van der Waals surface area contributed by atoms with Gasteiger partial charge in [-0.05, 0) is 55.9 Å². The zero-order valence-corrected chi connectivity index (χ0v) is 10.2. The van der Waals surface area contributed by atoms with E-state index in [-0.39, 0.29) is 0 Å². The van der Waals surface area contributed by atoms with Crippen molar-refractivity contribution in [2.75, 3.05) is 11.9 Å². The molecule has 1 aliphatic rings. The molecule has 1 unspecified atom stereocenters. The Labute approximate surface area is 103 Å². The molecule has 0 heterocycles. The summed E-state index contributed by atoms with van der Waals surface area (Å²) in [7, 11) is 0. The van der Waals surface area contributed by atoms with Gasteiger partial charge in [0.05, 0.1) is 11.6 Å². The van der Waals surface area contributed by atoms with Crippen LogP contribution in [-0.2, 0) is 0 Å². The van der Waals surface area contributed by atoms with Crippen molar-refractivity contribution < 1.29 is 0 Å². The lowest BCUT2D eigenvalue weighted by Crippen LogP contribution is -2.15. The molecule has 0 aromatic heterocycles. The van der Waals surface area contributed by atoms with Crippen molar-refractivity contribution in [3.63, 3.8) is 0 Å². The molecular formula is C15H18N2. The first-order valence-electron chi connectivity index (χ1n) is 6.19. The van der Waals surface area contributed by atoms with E-state index in [1.807, 2.05) is 19.1 Å². The van der Waals surface area contributed by atoms with E-state index in [0.29, 0.717) is 0 Å². The van der Waals surface area contributed by atoms with Gasteiger partial charge in [-0.25, -0.2) is 0 Å². The molecule has 1 aromatic carbocycles. The average Bonchev–Trinajstić information content (AvgIpc) is 2.38. The van der Waals surface area contributed by atoms with E-state index >= 15 is 0 Å². The highest BCUT2D eigenvalue weighted by molar-refractivity contribution is 5.51. The van der Waals surface area contributed by atoms with Gasteiger partial charge in [0.1, 0.15) is 0 Å². The SMILES string of the molecule is Cc1cc(NCC2CC=CCC2)ccc1C#N. The number of aryl methyl sites for hydroxylation is 1. The van der Waals surface area contributed by atoms with Gasteiger partial charge in [-0.3, -0.25) is 0 Å². The van der Waals surface area contributed by atoms with Gasteiger partial charge in [-0.2, -0.15) is 5.26 Å². The highest BCUT2D eigenvalue weighted by Crippen LogP contribution is 2.20. The minimum Gasteiger partial charge on any atom is -0.385 e. The zero-order valence-electron chi connectivity index (χ0n) is 10.2. The molecule has 0 saturated heterocycles. The summed E-state index contributed by atoms with van der Waals surface area (Å²) in [6, 6.07) is 8.12. The van der Waals surface area contributed by atoms with Crippen LogP contribution in [0.3, 0.4) is 0 Å². The first-order chi connectivity index (χ1) is 8.29. The fourth-order valence-corrected chi connectivity index (χ4v) is 2.20. The molecule has 0 aliphatic heterocycles. The lowest BCUT2D eigenvalue weighted by Gasteiger charge is -2.19. The molecule has 0 bridgehead atoms. The van der Waals surface area contributed by atoms with Crippen LogP contribution in [0.5, 0.6) is 0 Å². The second kappa shape index (κ2) is 5.54. The second-order valence-electron chi connectivity index (χ2n) is 4.67. The highest BCUT2D eigenvalue weighted by atomic mass is 14.9. The molecule has 88 valence electrons. The normalized spacial score (nSPS) is 18.7. The maximum Gasteiger partial charge on any atom is 0.0994 e. The van der Waals surface area contributed by atoms with Crippen LogP contribution in [0.4, 0.5) is 5.69 Å². The second-order valence-corrected chi connectivity index (χ2v) is 4.67. The number of hydrogen-bond donors (Lipinski definition) is 1. The highest BCUT2D eigenvalue weighted by Gasteiger charge is 2.09. The van der Waals surface area contributed by atoms with Crippen LogP contribution >= 0.6 is 0 Å². The molecule has 17 heavy (non-hydrogen) atoms. The van der Waals surface area contributed by atoms with Crippen molar-refractivity contribution in [1.82, 2.24) is 0 Å². The first kappa shape index (κ1) is 11.7. The third-order valence-electron chi connectivity index (χ3n) is 3.32. The predicted molar refractivity (Wildman–Crippen MR) is 70.9 cm³/mol. The average molecular weight is 226 g/mol. The number of benzene rings is 1. The van der Waals surface area contributed by atoms with Crippen LogP contribution in [0.1, 0.15) is 30.4 Å². The molecule has 0 amide bonds. The van der Waals surface area contributed by atoms with Gasteiger partial charge >= 0.3 is 0 Å². The van der Waals surface area contributed by atoms with Gasteiger partial charge in [0.25, 0.3) is 0 Å². The van der Waals surface area contributed by atoms with Gasteiger partial charge in [0, 0.05) is 12.2 Å². The molecule has 1 aliphatic carbocycles. The van der Waals surface area contributed by atoms with Crippen molar-refractivity contribution in [3.8, 4) is 6.07 Å². The predicted octanol–water partition coefficient (Wildman–Crippen LogP) is 3.63. The van der Waals surface area contributed by atoms with E-state index in [0.717, 1.165) is 29.3 Å². The van der Waals surface area contributed by atoms with E-state index in [2.05, 4.69) is 29.6 Å². The first-order valence-corrected chi connectivity index (χ1v) is 6.19. The molecule has 0 fully saturated rings. The summed E-state index contributed by atoms with van der Waals surface area (Å²) in [5, 5.41) is 12.3. The van der Waals surface area contributed by atoms with Crippen LogP contribution < -0.4 is 5.32 Å². The summed E-state index contributed by atoms with van der Waals surface area (Å²) < 4.78 is 0. The van der Waals surface area contributed by atoms with Crippen molar-refractivity contribution in [1.29, 1.82) is 5.26 Å². The Balaban J connectivity index is 1.93. The number of hydrogen-bond acceptors (Lipinski definition) is 2. The number of allylic oxidation sites excluding steroid dienone is 2. The molecule has 1 N–H and O–H groups in total. The quantitative estimate of drug-likeness (QED) is 0.799. The van der Waals surface area contributed by atoms with Crippen LogP contribution in [0, 0.1) is 24.2 Å². The molecule has 0 radical (unpaired) electrons. The molecule has 0 saturated carbocycles. The van der Waals surface area contributed by atoms with Crippen LogP contribution in [0.15, 0.2) is 30.4 Å². The molecular weight excluding hydrogens is 208 g/mol. The van der Waals surface area contributed by atoms with Gasteiger partial charge in [-0.15, -0.1) is 0 Å². The van der Waals surface area contributed by atoms with E-state index < -0.39 is 0 Å². The maximum absolute atomic E-state index is 8.87. The maximum atomic E-state index is 8.87. The number of rotatable bonds is 3. The fourth-order valence-electron chi connectivity index (χ4n) is 2.20. The van der Waals surface area contributed by atoms with E-state index in [1.54, 1.807) is 0 Å². The van der Waals surface area contributed by atoms with Gasteiger partial charge in [0.2, 0.25) is 0 Å². The summed E-state index contributed by atoms with van der Waals surface area (Å²) in [5.74, 6) is 0.746. The van der Waals surface area contributed by atoms with Crippen molar-refractivity contribution in [3.05, 3.63) is 41.5 Å². The van der Waals surface area contributed by atoms with Crippen molar-refractivity contribution in [2.45, 2.75) is 26.2 Å². The fraction of sp³-hybridized carbons (Fsp3) is 0.400. The van der Waals surface area contributed by atoms with E-state index in [1.165, 1.54) is 19.3 Å². The van der Waals surface area contributed by atoms with Crippen molar-refractivity contribution in [2.24, 2.45) is 5.92 Å². The molecule has 1 aromatic rings. The van der Waals surface area contributed by atoms with E-state index in [9.17, 15) is 0 Å².